The molecular weight excluding hydrogens is 360 g/mol. The summed E-state index contributed by atoms with van der Waals surface area (Å²) in [5, 5.41) is 3.26. The quantitative estimate of drug-likeness (QED) is 0.706. The van der Waals surface area contributed by atoms with E-state index in [1.54, 1.807) is 0 Å². The van der Waals surface area contributed by atoms with Crippen LogP contribution in [0.4, 0.5) is 5.88 Å². The van der Waals surface area contributed by atoms with Crippen molar-refractivity contribution in [2.24, 2.45) is 0 Å². The van der Waals surface area contributed by atoms with Crippen LogP contribution < -0.4 is 5.32 Å². The minimum Gasteiger partial charge on any atom is -0.419 e. The summed E-state index contributed by atoms with van der Waals surface area (Å²) in [7, 11) is -3.83. The van der Waals surface area contributed by atoms with Gasteiger partial charge in [-0.1, -0.05) is 29.3 Å². The third-order valence-electron chi connectivity index (χ3n) is 3.61. The summed E-state index contributed by atoms with van der Waals surface area (Å²) >= 11 is 5.84. The smallest absolute Gasteiger partial charge is 0.233 e. The molecule has 0 saturated carbocycles. The van der Waals surface area contributed by atoms with Gasteiger partial charge in [-0.2, -0.15) is 4.98 Å². The lowest BCUT2D eigenvalue weighted by atomic mass is 10.1. The first-order valence-corrected chi connectivity index (χ1v) is 9.60. The summed E-state index contributed by atoms with van der Waals surface area (Å²) in [5.41, 5.74) is 1.80. The van der Waals surface area contributed by atoms with Gasteiger partial charge in [0.15, 0.2) is 0 Å². The van der Waals surface area contributed by atoms with E-state index in [0.29, 0.717) is 17.1 Å². The Bertz CT molecular complexity index is 978. The Kier molecular flexibility index (Phi) is 4.83. The van der Waals surface area contributed by atoms with Crippen LogP contribution in [0.15, 0.2) is 62.9 Å². The van der Waals surface area contributed by atoms with Gasteiger partial charge >= 0.3 is 0 Å². The lowest BCUT2D eigenvalue weighted by Crippen LogP contribution is -2.07. The van der Waals surface area contributed by atoms with Gasteiger partial charge in [-0.25, -0.2) is 8.42 Å². The van der Waals surface area contributed by atoms with Crippen LogP contribution >= 0.6 is 11.6 Å². The van der Waals surface area contributed by atoms with Crippen molar-refractivity contribution >= 4 is 27.3 Å². The molecule has 0 aliphatic rings. The van der Waals surface area contributed by atoms with Crippen LogP contribution in [0.5, 0.6) is 0 Å². The summed E-state index contributed by atoms with van der Waals surface area (Å²) in [5.74, 6) is 0.386. The van der Waals surface area contributed by atoms with Crippen LogP contribution in [0, 0.1) is 6.92 Å². The molecule has 0 aliphatic carbocycles. The molecule has 1 N–H and O–H groups in total. The number of halogens is 1. The normalized spacial score (nSPS) is 11.5. The van der Waals surface area contributed by atoms with Crippen molar-refractivity contribution in [2.45, 2.75) is 23.8 Å². The van der Waals surface area contributed by atoms with Gasteiger partial charge in [-0.15, -0.1) is 0 Å². The van der Waals surface area contributed by atoms with E-state index in [1.165, 1.54) is 24.3 Å². The molecule has 1 heterocycles. The third kappa shape index (κ3) is 3.55. The van der Waals surface area contributed by atoms with Crippen molar-refractivity contribution < 1.29 is 12.8 Å². The van der Waals surface area contributed by atoms with E-state index in [4.69, 9.17) is 16.0 Å². The number of aryl methyl sites for hydroxylation is 1. The topological polar surface area (TPSA) is 72.2 Å². The number of hydrogen-bond donors (Lipinski definition) is 1. The van der Waals surface area contributed by atoms with Gasteiger partial charge in [0.1, 0.15) is 0 Å². The van der Waals surface area contributed by atoms with E-state index in [-0.39, 0.29) is 21.7 Å². The average molecular weight is 377 g/mol. The van der Waals surface area contributed by atoms with Gasteiger partial charge in [0.25, 0.3) is 0 Å². The molecule has 1 aromatic heterocycles. The van der Waals surface area contributed by atoms with Crippen LogP contribution in [0.25, 0.3) is 11.5 Å². The third-order valence-corrected chi connectivity index (χ3v) is 5.54. The predicted molar refractivity (Wildman–Crippen MR) is 97.7 cm³/mol. The molecular formula is C18H17ClN2O3S. The lowest BCUT2D eigenvalue weighted by molar-refractivity contribution is 0.578. The van der Waals surface area contributed by atoms with Gasteiger partial charge in [0.2, 0.25) is 26.6 Å². The largest absolute Gasteiger partial charge is 0.419 e. The number of rotatable bonds is 5. The summed E-state index contributed by atoms with van der Waals surface area (Å²) in [6, 6.07) is 13.5. The SMILES string of the molecule is CCNc1oc(-c2ccc(C)cc2)nc1S(=O)(=O)c1ccc(Cl)cc1. The number of nitrogens with one attached hydrogen (secondary N) is 1. The zero-order valence-electron chi connectivity index (χ0n) is 13.8. The van der Waals surface area contributed by atoms with Gasteiger partial charge in [0.05, 0.1) is 4.90 Å². The van der Waals surface area contributed by atoms with Crippen LogP contribution in [0.2, 0.25) is 5.02 Å². The average Bonchev–Trinajstić information content (AvgIpc) is 3.01. The fourth-order valence-corrected chi connectivity index (χ4v) is 3.71. The second-order valence-electron chi connectivity index (χ2n) is 5.51. The second-order valence-corrected chi connectivity index (χ2v) is 7.81. The molecule has 0 spiro atoms. The molecule has 0 unspecified atom stereocenters. The molecule has 0 aliphatic heterocycles. The zero-order valence-corrected chi connectivity index (χ0v) is 15.4. The van der Waals surface area contributed by atoms with Crippen molar-refractivity contribution in [3.63, 3.8) is 0 Å². The minimum atomic E-state index is -3.83. The fraction of sp³-hybridized carbons (Fsp3) is 0.167. The molecule has 0 saturated heterocycles. The summed E-state index contributed by atoms with van der Waals surface area (Å²) < 4.78 is 31.6. The Hall–Kier alpha value is -2.31. The molecule has 130 valence electrons. The maximum Gasteiger partial charge on any atom is 0.233 e. The summed E-state index contributed by atoms with van der Waals surface area (Å²) in [6.07, 6.45) is 0. The van der Waals surface area contributed by atoms with Gasteiger partial charge < -0.3 is 9.73 Å². The summed E-state index contributed by atoms with van der Waals surface area (Å²) in [6.45, 7) is 4.33. The highest BCUT2D eigenvalue weighted by atomic mass is 35.5. The molecule has 0 fully saturated rings. The van der Waals surface area contributed by atoms with Gasteiger partial charge in [-0.05, 0) is 50.2 Å². The Morgan fingerprint density at radius 2 is 1.72 bits per heavy atom. The molecule has 3 rings (SSSR count). The first-order valence-electron chi connectivity index (χ1n) is 7.74. The standard InChI is InChI=1S/C18H17ClN2O3S/c1-3-20-17-18(25(22,23)15-10-8-14(19)9-11-15)21-16(24-17)13-6-4-12(2)5-7-13/h4-11,20H,3H2,1-2H3. The van der Waals surface area contributed by atoms with Gasteiger partial charge in [0, 0.05) is 17.1 Å². The fourth-order valence-electron chi connectivity index (χ4n) is 2.31. The van der Waals surface area contributed by atoms with E-state index in [9.17, 15) is 8.42 Å². The highest BCUT2D eigenvalue weighted by Gasteiger charge is 2.28. The first-order chi connectivity index (χ1) is 11.9. The Morgan fingerprint density at radius 1 is 1.08 bits per heavy atom. The molecule has 7 heteroatoms. The van der Waals surface area contributed by atoms with Crippen LogP contribution in [-0.4, -0.2) is 19.9 Å². The number of oxazole rings is 1. The van der Waals surface area contributed by atoms with Crippen LogP contribution in [-0.2, 0) is 9.84 Å². The van der Waals surface area contributed by atoms with Crippen molar-refractivity contribution in [3.05, 3.63) is 59.1 Å². The zero-order chi connectivity index (χ0) is 18.0. The van der Waals surface area contributed by atoms with E-state index in [0.717, 1.165) is 5.56 Å². The van der Waals surface area contributed by atoms with Crippen molar-refractivity contribution in [1.29, 1.82) is 0 Å². The van der Waals surface area contributed by atoms with E-state index in [2.05, 4.69) is 10.3 Å². The molecule has 0 radical (unpaired) electrons. The molecule has 0 bridgehead atoms. The monoisotopic (exact) mass is 376 g/mol. The molecule has 3 aromatic rings. The van der Waals surface area contributed by atoms with Crippen molar-refractivity contribution in [1.82, 2.24) is 4.98 Å². The van der Waals surface area contributed by atoms with Gasteiger partial charge in [-0.3, -0.25) is 0 Å². The van der Waals surface area contributed by atoms with Crippen LogP contribution in [0.1, 0.15) is 12.5 Å². The van der Waals surface area contributed by atoms with Crippen molar-refractivity contribution in [2.75, 3.05) is 11.9 Å². The minimum absolute atomic E-state index is 0.111. The number of anilines is 1. The maximum absolute atomic E-state index is 12.9. The van der Waals surface area contributed by atoms with E-state index in [1.807, 2.05) is 38.1 Å². The molecule has 0 amide bonds. The van der Waals surface area contributed by atoms with Crippen LogP contribution in [0.3, 0.4) is 0 Å². The van der Waals surface area contributed by atoms with E-state index >= 15 is 0 Å². The lowest BCUT2D eigenvalue weighted by Gasteiger charge is -2.04. The van der Waals surface area contributed by atoms with E-state index < -0.39 is 9.84 Å². The molecule has 5 nitrogen and oxygen atoms in total. The number of hydrogen-bond acceptors (Lipinski definition) is 5. The van der Waals surface area contributed by atoms with Crippen molar-refractivity contribution in [3.8, 4) is 11.5 Å². The first kappa shape index (κ1) is 17.5. The maximum atomic E-state index is 12.9. The molecule has 0 atom stereocenters. The molecule has 25 heavy (non-hydrogen) atoms. The highest BCUT2D eigenvalue weighted by molar-refractivity contribution is 7.91. The number of nitrogens with zero attached hydrogens (tertiary/aromatic N) is 1. The highest BCUT2D eigenvalue weighted by Crippen LogP contribution is 2.32. The summed E-state index contributed by atoms with van der Waals surface area (Å²) in [4.78, 5) is 4.36. The Labute approximate surface area is 151 Å². The number of aromatic nitrogens is 1. The number of benzene rings is 2. The Morgan fingerprint density at radius 3 is 2.32 bits per heavy atom. The second kappa shape index (κ2) is 6.90. The number of sulfone groups is 1. The Balaban J connectivity index is 2.11. The molecule has 2 aromatic carbocycles. The predicted octanol–water partition coefficient (Wildman–Crippen LogP) is 4.57.